The fraction of sp³-hybridized carbons (Fsp3) is 0.333. The number of halogens is 2. The Morgan fingerprint density at radius 3 is 2.73 bits per heavy atom. The van der Waals surface area contributed by atoms with Gasteiger partial charge in [-0.25, -0.2) is 0 Å². The summed E-state index contributed by atoms with van der Waals surface area (Å²) in [5.74, 6) is 1.53. The van der Waals surface area contributed by atoms with Crippen LogP contribution in [0.2, 0.25) is 5.02 Å². The lowest BCUT2D eigenvalue weighted by molar-refractivity contribution is 0.302. The van der Waals surface area contributed by atoms with Gasteiger partial charge in [0.15, 0.2) is 0 Å². The third-order valence-electron chi connectivity index (χ3n) is 3.17. The summed E-state index contributed by atoms with van der Waals surface area (Å²) in [4.78, 5) is 0. The molecule has 0 amide bonds. The molecule has 22 heavy (non-hydrogen) atoms. The Balaban J connectivity index is 2.03. The molecule has 0 saturated carbocycles. The minimum absolute atomic E-state index is 0.513. The van der Waals surface area contributed by atoms with E-state index in [1.165, 1.54) is 0 Å². The van der Waals surface area contributed by atoms with Gasteiger partial charge in [0.25, 0.3) is 0 Å². The average Bonchev–Trinajstić information content (AvgIpc) is 2.46. The minimum atomic E-state index is 0.513. The summed E-state index contributed by atoms with van der Waals surface area (Å²) in [5.41, 5.74) is 2.22. The van der Waals surface area contributed by atoms with Crippen LogP contribution in [0.4, 0.5) is 0 Å². The summed E-state index contributed by atoms with van der Waals surface area (Å²) >= 11 is 9.53. The first-order valence-corrected chi connectivity index (χ1v) is 8.58. The Hall–Kier alpha value is -1.03. The van der Waals surface area contributed by atoms with Crippen LogP contribution < -0.4 is 10.1 Å². The van der Waals surface area contributed by atoms with E-state index in [2.05, 4.69) is 41.2 Å². The Bertz CT molecular complexity index is 616. The molecule has 2 aromatic rings. The molecule has 0 heterocycles. The summed E-state index contributed by atoms with van der Waals surface area (Å²) in [5, 5.41) is 4.19. The Morgan fingerprint density at radius 1 is 1.18 bits per heavy atom. The average molecular weight is 383 g/mol. The normalized spacial score (nSPS) is 11.0. The van der Waals surface area contributed by atoms with Gasteiger partial charge in [0.2, 0.25) is 0 Å². The first-order valence-electron chi connectivity index (χ1n) is 7.41. The molecular weight excluding hydrogens is 362 g/mol. The van der Waals surface area contributed by atoms with Crippen LogP contribution in [0.15, 0.2) is 46.9 Å². The first-order chi connectivity index (χ1) is 10.5. The number of hydrogen-bond donors (Lipinski definition) is 1. The van der Waals surface area contributed by atoms with E-state index in [-0.39, 0.29) is 0 Å². The van der Waals surface area contributed by atoms with E-state index in [4.69, 9.17) is 16.3 Å². The van der Waals surface area contributed by atoms with E-state index >= 15 is 0 Å². The zero-order valence-corrected chi connectivity index (χ0v) is 15.2. The Kier molecular flexibility index (Phi) is 6.74. The van der Waals surface area contributed by atoms with Gasteiger partial charge in [0.05, 0.1) is 0 Å². The molecule has 118 valence electrons. The quantitative estimate of drug-likeness (QED) is 0.689. The van der Waals surface area contributed by atoms with Gasteiger partial charge in [-0.3, -0.25) is 0 Å². The molecule has 0 unspecified atom stereocenters. The summed E-state index contributed by atoms with van der Waals surface area (Å²) in [6.45, 7) is 6.69. The maximum Gasteiger partial charge on any atom is 0.124 e. The van der Waals surface area contributed by atoms with Crippen molar-refractivity contribution < 1.29 is 4.74 Å². The van der Waals surface area contributed by atoms with E-state index in [1.807, 2.05) is 36.4 Å². The highest BCUT2D eigenvalue weighted by Gasteiger charge is 2.06. The van der Waals surface area contributed by atoms with Crippen LogP contribution in [0.25, 0.3) is 0 Å². The lowest BCUT2D eigenvalue weighted by Gasteiger charge is -2.14. The molecule has 0 fully saturated rings. The predicted molar refractivity (Wildman–Crippen MR) is 96.5 cm³/mol. The fourth-order valence-electron chi connectivity index (χ4n) is 2.11. The molecule has 0 aliphatic rings. The third kappa shape index (κ3) is 5.64. The van der Waals surface area contributed by atoms with Crippen LogP contribution in [0.5, 0.6) is 5.75 Å². The molecule has 2 aromatic carbocycles. The van der Waals surface area contributed by atoms with Gasteiger partial charge in [-0.1, -0.05) is 53.5 Å². The molecule has 0 atom stereocenters. The highest BCUT2D eigenvalue weighted by Crippen LogP contribution is 2.24. The van der Waals surface area contributed by atoms with Crippen LogP contribution in [-0.2, 0) is 13.2 Å². The van der Waals surface area contributed by atoms with E-state index < -0.39 is 0 Å². The van der Waals surface area contributed by atoms with Crippen LogP contribution in [0.3, 0.4) is 0 Å². The highest BCUT2D eigenvalue weighted by molar-refractivity contribution is 9.10. The van der Waals surface area contributed by atoms with Gasteiger partial charge in [-0.15, -0.1) is 0 Å². The molecule has 2 nitrogen and oxygen atoms in total. The van der Waals surface area contributed by atoms with Gasteiger partial charge < -0.3 is 10.1 Å². The second-order valence-corrected chi connectivity index (χ2v) is 7.05. The second kappa shape index (κ2) is 8.56. The molecule has 0 bridgehead atoms. The van der Waals surface area contributed by atoms with Gasteiger partial charge in [-0.05, 0) is 48.4 Å². The number of hydrogen-bond acceptors (Lipinski definition) is 2. The van der Waals surface area contributed by atoms with Crippen molar-refractivity contribution in [3.63, 3.8) is 0 Å². The largest absolute Gasteiger partial charge is 0.489 e. The molecular formula is C18H21BrClNO. The van der Waals surface area contributed by atoms with E-state index in [0.717, 1.165) is 39.5 Å². The molecule has 0 aliphatic heterocycles. The lowest BCUT2D eigenvalue weighted by Crippen LogP contribution is -2.19. The smallest absolute Gasteiger partial charge is 0.124 e. The molecule has 4 heteroatoms. The van der Waals surface area contributed by atoms with Crippen molar-refractivity contribution in [3.8, 4) is 5.75 Å². The van der Waals surface area contributed by atoms with Crippen molar-refractivity contribution in [1.29, 1.82) is 0 Å². The molecule has 0 saturated heterocycles. The van der Waals surface area contributed by atoms with Crippen molar-refractivity contribution in [2.75, 3.05) is 6.54 Å². The molecule has 0 aromatic heterocycles. The van der Waals surface area contributed by atoms with E-state index in [0.29, 0.717) is 12.5 Å². The van der Waals surface area contributed by atoms with Crippen molar-refractivity contribution in [2.24, 2.45) is 5.92 Å². The van der Waals surface area contributed by atoms with Crippen molar-refractivity contribution in [2.45, 2.75) is 27.0 Å². The van der Waals surface area contributed by atoms with E-state index in [1.54, 1.807) is 0 Å². The number of ether oxygens (including phenoxy) is 1. The van der Waals surface area contributed by atoms with Crippen molar-refractivity contribution >= 4 is 27.5 Å². The summed E-state index contributed by atoms with van der Waals surface area (Å²) in [7, 11) is 0. The molecule has 0 aliphatic carbocycles. The summed E-state index contributed by atoms with van der Waals surface area (Å²) in [6, 6.07) is 13.8. The van der Waals surface area contributed by atoms with Crippen LogP contribution in [0.1, 0.15) is 25.0 Å². The molecule has 0 spiro atoms. The Labute approximate surface area is 146 Å². The summed E-state index contributed by atoms with van der Waals surface area (Å²) < 4.78 is 7.03. The van der Waals surface area contributed by atoms with Crippen molar-refractivity contribution in [3.05, 3.63) is 63.1 Å². The predicted octanol–water partition coefficient (Wildman–Crippen LogP) is 5.43. The van der Waals surface area contributed by atoms with Gasteiger partial charge in [0.1, 0.15) is 12.4 Å². The monoisotopic (exact) mass is 381 g/mol. The number of rotatable bonds is 7. The minimum Gasteiger partial charge on any atom is -0.489 e. The fourth-order valence-corrected chi connectivity index (χ4v) is 2.73. The first kappa shape index (κ1) is 17.3. The molecule has 2 rings (SSSR count). The standard InChI is InChI=1S/C18H21BrClNO/c1-13(2)10-21-11-15-9-16(19)6-7-18(15)22-12-14-4-3-5-17(20)8-14/h3-9,13,21H,10-12H2,1-2H3. The van der Waals surface area contributed by atoms with Crippen LogP contribution in [-0.4, -0.2) is 6.54 Å². The van der Waals surface area contributed by atoms with Crippen LogP contribution >= 0.6 is 27.5 Å². The number of nitrogens with one attached hydrogen (secondary N) is 1. The highest BCUT2D eigenvalue weighted by atomic mass is 79.9. The second-order valence-electron chi connectivity index (χ2n) is 5.70. The Morgan fingerprint density at radius 2 is 2.00 bits per heavy atom. The summed E-state index contributed by atoms with van der Waals surface area (Å²) in [6.07, 6.45) is 0. The third-order valence-corrected chi connectivity index (χ3v) is 3.90. The van der Waals surface area contributed by atoms with Crippen molar-refractivity contribution in [1.82, 2.24) is 5.32 Å². The van der Waals surface area contributed by atoms with Gasteiger partial charge >= 0.3 is 0 Å². The zero-order chi connectivity index (χ0) is 15.9. The number of benzene rings is 2. The topological polar surface area (TPSA) is 21.3 Å². The van der Waals surface area contributed by atoms with Gasteiger partial charge in [0, 0.05) is 21.6 Å². The molecule has 0 radical (unpaired) electrons. The maximum atomic E-state index is 6.01. The van der Waals surface area contributed by atoms with Crippen LogP contribution in [0, 0.1) is 5.92 Å². The zero-order valence-electron chi connectivity index (χ0n) is 12.9. The SMILES string of the molecule is CC(C)CNCc1cc(Br)ccc1OCc1cccc(Cl)c1. The molecule has 1 N–H and O–H groups in total. The maximum absolute atomic E-state index is 6.01. The lowest BCUT2D eigenvalue weighted by atomic mass is 10.1. The van der Waals surface area contributed by atoms with Gasteiger partial charge in [-0.2, -0.15) is 0 Å². The van der Waals surface area contributed by atoms with E-state index in [9.17, 15) is 0 Å².